The molecule has 6 rings (SSSR count). The topological polar surface area (TPSA) is 83.3 Å². The van der Waals surface area contributed by atoms with E-state index in [0.717, 1.165) is 0 Å². The van der Waals surface area contributed by atoms with Crippen molar-refractivity contribution in [3.05, 3.63) is 54.4 Å². The molecule has 8 nitrogen and oxygen atoms in total. The second-order valence-electron chi connectivity index (χ2n) is 10.4. The smallest absolute Gasteiger partial charge is 0.365 e. The molecule has 202 valence electrons. The van der Waals surface area contributed by atoms with E-state index in [4.69, 9.17) is 14.2 Å². The summed E-state index contributed by atoms with van der Waals surface area (Å²) >= 11 is 0. The maximum atomic E-state index is 14.2. The number of fused-ring (bicyclic) bond motifs is 2. The van der Waals surface area contributed by atoms with Crippen molar-refractivity contribution in [2.24, 2.45) is 5.92 Å². The number of halogens is 4. The second kappa shape index (κ2) is 9.28. The van der Waals surface area contributed by atoms with Gasteiger partial charge in [-0.3, -0.25) is 4.57 Å². The fourth-order valence-corrected chi connectivity index (χ4v) is 5.54. The summed E-state index contributed by atoms with van der Waals surface area (Å²) in [5, 5.41) is 3.13. The van der Waals surface area contributed by atoms with Gasteiger partial charge in [0.25, 0.3) is 0 Å². The molecule has 2 aliphatic heterocycles. The molecule has 3 fully saturated rings. The van der Waals surface area contributed by atoms with Crippen molar-refractivity contribution in [3.8, 4) is 0 Å². The largest absolute Gasteiger partial charge is 0.391 e. The zero-order valence-electron chi connectivity index (χ0n) is 20.7. The molecule has 12 heteroatoms. The van der Waals surface area contributed by atoms with Crippen LogP contribution in [0.25, 0.3) is 17.2 Å². The zero-order valence-corrected chi connectivity index (χ0v) is 20.7. The van der Waals surface area contributed by atoms with Crippen LogP contribution in [0.5, 0.6) is 0 Å². The van der Waals surface area contributed by atoms with E-state index in [1.807, 2.05) is 13.8 Å². The minimum absolute atomic E-state index is 0.0124. The van der Waals surface area contributed by atoms with Crippen LogP contribution in [0.1, 0.15) is 44.9 Å². The van der Waals surface area contributed by atoms with Crippen LogP contribution in [-0.2, 0) is 14.2 Å². The fourth-order valence-electron chi connectivity index (χ4n) is 5.54. The molecule has 38 heavy (non-hydrogen) atoms. The van der Waals surface area contributed by atoms with Gasteiger partial charge in [-0.15, -0.1) is 0 Å². The first kappa shape index (κ1) is 25.2. The lowest BCUT2D eigenvalue weighted by molar-refractivity contribution is -0.191. The average Bonchev–Trinajstić information content (AvgIpc) is 3.62. The fraction of sp³-hybridized carbons (Fsp3) is 0.500. The van der Waals surface area contributed by atoms with E-state index >= 15 is 0 Å². The Bertz CT molecular complexity index is 1360. The molecule has 3 aromatic rings. The Morgan fingerprint density at radius 2 is 1.87 bits per heavy atom. The maximum absolute atomic E-state index is 14.2. The van der Waals surface area contributed by atoms with E-state index in [9.17, 15) is 17.6 Å². The van der Waals surface area contributed by atoms with E-state index in [0.29, 0.717) is 29.0 Å². The molecule has 6 unspecified atom stereocenters. The number of aromatic nitrogens is 4. The Morgan fingerprint density at radius 1 is 1.08 bits per heavy atom. The van der Waals surface area contributed by atoms with Gasteiger partial charge in [-0.05, 0) is 39.2 Å². The van der Waals surface area contributed by atoms with Crippen molar-refractivity contribution < 1.29 is 31.8 Å². The van der Waals surface area contributed by atoms with Gasteiger partial charge in [0, 0.05) is 11.6 Å². The summed E-state index contributed by atoms with van der Waals surface area (Å²) in [6.45, 7) is 3.62. The van der Waals surface area contributed by atoms with Crippen LogP contribution in [0.15, 0.2) is 43.0 Å². The molecule has 0 bridgehead atoms. The number of alkyl halides is 3. The summed E-state index contributed by atoms with van der Waals surface area (Å²) in [5.74, 6) is -2.16. The van der Waals surface area contributed by atoms with E-state index in [1.165, 1.54) is 12.4 Å². The Labute approximate surface area is 216 Å². The van der Waals surface area contributed by atoms with Gasteiger partial charge >= 0.3 is 6.18 Å². The number of rotatable bonds is 5. The molecule has 6 atom stereocenters. The van der Waals surface area contributed by atoms with Crippen LogP contribution in [0.4, 0.5) is 23.4 Å². The Balaban J connectivity index is 1.27. The predicted molar refractivity (Wildman–Crippen MR) is 129 cm³/mol. The number of ether oxygens (including phenoxy) is 3. The molecule has 1 aliphatic carbocycles. The molecule has 2 aromatic heterocycles. The Morgan fingerprint density at radius 3 is 2.63 bits per heavy atom. The van der Waals surface area contributed by atoms with E-state index in [-0.39, 0.29) is 24.7 Å². The van der Waals surface area contributed by atoms with E-state index < -0.39 is 42.4 Å². The van der Waals surface area contributed by atoms with Crippen LogP contribution in [0, 0.1) is 11.7 Å². The van der Waals surface area contributed by atoms with Gasteiger partial charge < -0.3 is 19.5 Å². The molecule has 1 saturated carbocycles. The third kappa shape index (κ3) is 4.65. The van der Waals surface area contributed by atoms with Gasteiger partial charge in [0.15, 0.2) is 29.0 Å². The van der Waals surface area contributed by atoms with Gasteiger partial charge in [-0.1, -0.05) is 30.4 Å². The first-order valence-electron chi connectivity index (χ1n) is 12.5. The van der Waals surface area contributed by atoms with Gasteiger partial charge in [0.05, 0.1) is 12.2 Å². The van der Waals surface area contributed by atoms with Crippen LogP contribution >= 0.6 is 0 Å². The zero-order chi connectivity index (χ0) is 26.7. The Kier molecular flexibility index (Phi) is 6.15. The molecule has 3 aliphatic rings. The maximum Gasteiger partial charge on any atom is 0.391 e. The summed E-state index contributed by atoms with van der Waals surface area (Å²) in [4.78, 5) is 13.1. The van der Waals surface area contributed by atoms with Crippen molar-refractivity contribution in [2.75, 3.05) is 5.32 Å². The first-order chi connectivity index (χ1) is 18.1. The van der Waals surface area contributed by atoms with Gasteiger partial charge in [-0.25, -0.2) is 19.3 Å². The summed E-state index contributed by atoms with van der Waals surface area (Å²) < 4.78 is 73.9. The molecular formula is C26H27F4N5O3. The van der Waals surface area contributed by atoms with Gasteiger partial charge in [0.2, 0.25) is 0 Å². The van der Waals surface area contributed by atoms with Gasteiger partial charge in [-0.2, -0.15) is 13.2 Å². The number of anilines is 1. The van der Waals surface area contributed by atoms with Crippen LogP contribution in [0.2, 0.25) is 0 Å². The number of nitrogens with zero attached hydrogens (tertiary/aromatic N) is 4. The Hall–Kier alpha value is -3.09. The quantitative estimate of drug-likeness (QED) is 0.449. The minimum Gasteiger partial charge on any atom is -0.365 e. The molecule has 2 saturated heterocycles. The molecule has 0 radical (unpaired) electrons. The van der Waals surface area contributed by atoms with E-state index in [1.54, 1.807) is 41.2 Å². The monoisotopic (exact) mass is 533 g/mol. The number of hydrogen-bond acceptors (Lipinski definition) is 7. The molecule has 0 spiro atoms. The highest BCUT2D eigenvalue weighted by Crippen LogP contribution is 2.45. The highest BCUT2D eigenvalue weighted by molar-refractivity contribution is 5.82. The highest BCUT2D eigenvalue weighted by atomic mass is 19.4. The summed E-state index contributed by atoms with van der Waals surface area (Å²) in [6, 6.07) is 6.06. The van der Waals surface area contributed by atoms with Crippen molar-refractivity contribution in [1.29, 1.82) is 0 Å². The molecule has 1 N–H and O–H groups in total. The predicted octanol–water partition coefficient (Wildman–Crippen LogP) is 5.24. The van der Waals surface area contributed by atoms with Crippen LogP contribution < -0.4 is 5.32 Å². The van der Waals surface area contributed by atoms with Crippen molar-refractivity contribution in [3.63, 3.8) is 0 Å². The van der Waals surface area contributed by atoms with Gasteiger partial charge in [0.1, 0.15) is 30.5 Å². The van der Waals surface area contributed by atoms with Crippen molar-refractivity contribution in [2.45, 2.75) is 75.7 Å². The number of imidazole rings is 1. The normalized spacial score (nSPS) is 30.9. The third-order valence-corrected chi connectivity index (χ3v) is 7.31. The lowest BCUT2D eigenvalue weighted by Gasteiger charge is -2.24. The lowest BCUT2D eigenvalue weighted by atomic mass is 10.1. The molecule has 0 amide bonds. The minimum atomic E-state index is -4.20. The third-order valence-electron chi connectivity index (χ3n) is 7.31. The summed E-state index contributed by atoms with van der Waals surface area (Å²) in [6.07, 6.45) is 0.379. The molecule has 4 heterocycles. The molecular weight excluding hydrogens is 506 g/mol. The van der Waals surface area contributed by atoms with Crippen molar-refractivity contribution in [1.82, 2.24) is 19.5 Å². The number of nitrogens with one attached hydrogen (secondary N) is 1. The SMILES string of the molecule is CC1(C)OC2C(C=Cc3ccccc3F)OC(n3cnc4c(NC5CCC(C(F)(F)F)C5)ncnc43)C2O1. The number of hydrogen-bond donors (Lipinski definition) is 1. The van der Waals surface area contributed by atoms with Crippen LogP contribution in [0.3, 0.4) is 0 Å². The standard InChI is InChI=1S/C26H27F4N5O3/c1-25(2)37-20-18(10-7-14-5-3-4-6-17(14)27)36-24(21(20)38-25)35-13-33-19-22(31-12-32-23(19)35)34-16-9-8-15(11-16)26(28,29)30/h3-7,10,12-13,15-16,18,20-21,24H,8-9,11H2,1-2H3,(H,31,32,34). The molecule has 1 aromatic carbocycles. The highest BCUT2D eigenvalue weighted by Gasteiger charge is 2.55. The van der Waals surface area contributed by atoms with E-state index in [2.05, 4.69) is 20.3 Å². The second-order valence-corrected chi connectivity index (χ2v) is 10.4. The van der Waals surface area contributed by atoms with Crippen LogP contribution in [-0.4, -0.2) is 55.8 Å². The number of benzene rings is 1. The average molecular weight is 534 g/mol. The lowest BCUT2D eigenvalue weighted by Crippen LogP contribution is -2.28. The first-order valence-corrected chi connectivity index (χ1v) is 12.5. The summed E-state index contributed by atoms with van der Waals surface area (Å²) in [7, 11) is 0. The van der Waals surface area contributed by atoms with Crippen molar-refractivity contribution >= 4 is 23.1 Å². The summed E-state index contributed by atoms with van der Waals surface area (Å²) in [5.41, 5.74) is 1.29.